The van der Waals surface area contributed by atoms with Crippen LogP contribution >= 0.6 is 0 Å². The van der Waals surface area contributed by atoms with Crippen LogP contribution in [0.3, 0.4) is 0 Å². The average molecular weight is 1080 g/mol. The van der Waals surface area contributed by atoms with Crippen LogP contribution in [0.15, 0.2) is 11.6 Å². The Bertz CT molecular complexity index is 1960. The van der Waals surface area contributed by atoms with Crippen molar-refractivity contribution in [1.82, 2.24) is 0 Å². The summed E-state index contributed by atoms with van der Waals surface area (Å²) in [6, 6.07) is 0. The molecule has 28 unspecified atom stereocenters. The number of fused-ring (bicyclic) bond motifs is 5. The van der Waals surface area contributed by atoms with Gasteiger partial charge in [-0.3, -0.25) is 0 Å². The Labute approximate surface area is 438 Å². The van der Waals surface area contributed by atoms with Crippen molar-refractivity contribution in [3.8, 4) is 0 Å². The Balaban J connectivity index is 1.01. The van der Waals surface area contributed by atoms with Gasteiger partial charge in [0.25, 0.3) is 0 Å². The van der Waals surface area contributed by atoms with Gasteiger partial charge in [0.2, 0.25) is 0 Å². The third kappa shape index (κ3) is 10.5. The predicted octanol–water partition coefficient (Wildman–Crippen LogP) is -1.36. The van der Waals surface area contributed by atoms with Gasteiger partial charge in [-0.15, -0.1) is 0 Å². The maximum Gasteiger partial charge on any atom is 0.187 e. The molecule has 22 nitrogen and oxygen atoms in total. The molecule has 0 aromatic carbocycles. The lowest BCUT2D eigenvalue weighted by molar-refractivity contribution is -0.378. The van der Waals surface area contributed by atoms with E-state index in [1.54, 1.807) is 0 Å². The summed E-state index contributed by atoms with van der Waals surface area (Å²) in [5.74, 6) is -0.161. The van der Waals surface area contributed by atoms with Crippen LogP contribution in [-0.2, 0) is 42.7 Å². The topological polar surface area (TPSA) is 354 Å². The summed E-state index contributed by atoms with van der Waals surface area (Å²) in [6.07, 6.45) is -20.1. The summed E-state index contributed by atoms with van der Waals surface area (Å²) in [4.78, 5) is 14.1. The molecule has 22 heteroatoms. The molecule has 0 aromatic heterocycles. The second kappa shape index (κ2) is 22.8. The maximum atomic E-state index is 14.1. The van der Waals surface area contributed by atoms with Crippen LogP contribution in [0.25, 0.3) is 0 Å². The highest BCUT2D eigenvalue weighted by molar-refractivity contribution is 5.62. The largest absolute Gasteiger partial charge is 0.394 e. The fourth-order valence-electron chi connectivity index (χ4n) is 15.8. The van der Waals surface area contributed by atoms with E-state index in [1.807, 2.05) is 20.8 Å². The molecule has 75 heavy (non-hydrogen) atoms. The van der Waals surface area contributed by atoms with Gasteiger partial charge in [-0.05, 0) is 125 Å². The van der Waals surface area contributed by atoms with E-state index in [0.717, 1.165) is 37.7 Å². The van der Waals surface area contributed by atoms with Gasteiger partial charge in [-0.2, -0.15) is 0 Å². The molecule has 0 amide bonds. The van der Waals surface area contributed by atoms with E-state index in [2.05, 4.69) is 33.8 Å². The number of ether oxygens (including phenoxy) is 8. The van der Waals surface area contributed by atoms with Gasteiger partial charge in [0.1, 0.15) is 97.8 Å². The summed E-state index contributed by atoms with van der Waals surface area (Å²) in [7, 11) is 0. The standard InChI is InChI=1S/C53H88O22/c1-24(2)9-8-15-52(7,75-47-43(67)39(63)37(61)30(72-47)22-69-45-41(65)34(58)27(57)21-68-45)26-12-16-50(5)25(26)10-11-32-51(50,6)17-13-31-49(3,4)33(14-18-53(31,32)23-56)73-48-44(40(64)36(60)29(20-55)71-48)74-46-42(66)38(62)35(59)28(19-54)70-46/h9,23,25-48,54-55,57-67H,8,10-22H2,1-7H3. The molecule has 0 bridgehead atoms. The summed E-state index contributed by atoms with van der Waals surface area (Å²) >= 11 is 0. The molecular weight excluding hydrogens is 989 g/mol. The third-order valence-corrected chi connectivity index (χ3v) is 20.3. The van der Waals surface area contributed by atoms with Crippen molar-refractivity contribution in [3.63, 3.8) is 0 Å². The predicted molar refractivity (Wildman–Crippen MR) is 259 cm³/mol. The van der Waals surface area contributed by atoms with Gasteiger partial charge in [0.15, 0.2) is 25.2 Å². The molecule has 0 radical (unpaired) electrons. The highest BCUT2D eigenvalue weighted by Gasteiger charge is 2.71. The number of carbonyl (C=O) groups excluding carboxylic acids is 1. The highest BCUT2D eigenvalue weighted by Crippen LogP contribution is 2.76. The minimum atomic E-state index is -1.83. The van der Waals surface area contributed by atoms with Crippen LogP contribution in [0.1, 0.15) is 113 Å². The van der Waals surface area contributed by atoms with Crippen molar-refractivity contribution in [1.29, 1.82) is 0 Å². The monoisotopic (exact) mass is 1080 g/mol. The number of hydrogen-bond donors (Lipinski definition) is 13. The molecule has 4 aliphatic carbocycles. The van der Waals surface area contributed by atoms with Crippen LogP contribution in [-0.4, -0.2) is 228 Å². The van der Waals surface area contributed by atoms with Crippen LogP contribution in [0.2, 0.25) is 0 Å². The van der Waals surface area contributed by atoms with Crippen LogP contribution in [0.5, 0.6) is 0 Å². The summed E-state index contributed by atoms with van der Waals surface area (Å²) in [5.41, 5.74) is -1.88. The van der Waals surface area contributed by atoms with E-state index >= 15 is 0 Å². The van der Waals surface area contributed by atoms with Gasteiger partial charge in [0.05, 0.1) is 38.1 Å². The first-order chi connectivity index (χ1) is 35.2. The normalized spacial score (nSPS) is 51.7. The molecule has 8 aliphatic rings. The number of carbonyl (C=O) groups is 1. The molecule has 4 saturated heterocycles. The van der Waals surface area contributed by atoms with Gasteiger partial charge >= 0.3 is 0 Å². The summed E-state index contributed by atoms with van der Waals surface area (Å²) < 4.78 is 48.7. The van der Waals surface area contributed by atoms with E-state index in [1.165, 1.54) is 6.29 Å². The maximum absolute atomic E-state index is 14.1. The zero-order valence-corrected chi connectivity index (χ0v) is 44.4. The second-order valence-electron chi connectivity index (χ2n) is 24.9. The number of hydrogen-bond acceptors (Lipinski definition) is 22. The van der Waals surface area contributed by atoms with Crippen LogP contribution in [0.4, 0.5) is 0 Å². The summed E-state index contributed by atoms with van der Waals surface area (Å²) in [6.45, 7) is 12.7. The average Bonchev–Trinajstić information content (AvgIpc) is 3.74. The number of aliphatic hydroxyl groups is 13. The highest BCUT2D eigenvalue weighted by atomic mass is 16.8. The molecule has 432 valence electrons. The number of aldehydes is 1. The molecule has 4 saturated carbocycles. The first-order valence-corrected chi connectivity index (χ1v) is 27.2. The van der Waals surface area contributed by atoms with Gasteiger partial charge in [-0.1, -0.05) is 39.3 Å². The lowest BCUT2D eigenvalue weighted by atomic mass is 9.35. The van der Waals surface area contributed by atoms with E-state index in [9.17, 15) is 71.2 Å². The van der Waals surface area contributed by atoms with Gasteiger partial charge < -0.3 is 109 Å². The Morgan fingerprint density at radius 3 is 1.84 bits per heavy atom. The van der Waals surface area contributed by atoms with Crippen LogP contribution in [0, 0.1) is 45.3 Å². The lowest BCUT2D eigenvalue weighted by Crippen LogP contribution is -2.67. The molecule has 0 spiro atoms. The smallest absolute Gasteiger partial charge is 0.187 e. The van der Waals surface area contributed by atoms with Crippen molar-refractivity contribution < 1.29 is 109 Å². The molecule has 4 heterocycles. The molecule has 0 aromatic rings. The minimum absolute atomic E-state index is 0.0276. The molecule has 8 fully saturated rings. The van der Waals surface area contributed by atoms with Crippen molar-refractivity contribution in [3.05, 3.63) is 11.6 Å². The van der Waals surface area contributed by atoms with Crippen LogP contribution < -0.4 is 0 Å². The molecule has 13 N–H and O–H groups in total. The summed E-state index contributed by atoms with van der Waals surface area (Å²) in [5, 5.41) is 138. The van der Waals surface area contributed by atoms with Gasteiger partial charge in [-0.25, -0.2) is 0 Å². The number of rotatable bonds is 16. The first kappa shape index (κ1) is 59.7. The fourth-order valence-corrected chi connectivity index (χ4v) is 15.8. The lowest BCUT2D eigenvalue weighted by Gasteiger charge is -2.69. The molecule has 8 rings (SSSR count). The third-order valence-electron chi connectivity index (χ3n) is 20.3. The molecule has 28 atom stereocenters. The van der Waals surface area contributed by atoms with Gasteiger partial charge in [0, 0.05) is 5.41 Å². The van der Waals surface area contributed by atoms with Crippen molar-refractivity contribution in [2.24, 2.45) is 45.3 Å². The Morgan fingerprint density at radius 2 is 1.20 bits per heavy atom. The zero-order valence-electron chi connectivity index (χ0n) is 44.4. The Morgan fingerprint density at radius 1 is 0.613 bits per heavy atom. The first-order valence-electron chi connectivity index (χ1n) is 27.2. The number of aliphatic hydroxyl groups excluding tert-OH is 13. The zero-order chi connectivity index (χ0) is 54.9. The number of allylic oxidation sites excluding steroid dienone is 2. The van der Waals surface area contributed by atoms with Crippen molar-refractivity contribution in [2.45, 2.75) is 241 Å². The van der Waals surface area contributed by atoms with E-state index in [0.29, 0.717) is 32.1 Å². The SMILES string of the molecule is CC(C)=CCCC(C)(OC1OC(COC2OCC(O)C(O)C2O)C(O)C(O)C1O)C1CCC2(C)C1CCC1C3(C=O)CCC(OC4OC(CO)C(O)C(O)C4OC4OC(CO)C(O)C(O)C4O)C(C)(C)C3CCC12C. The second-order valence-corrected chi connectivity index (χ2v) is 24.9. The van der Waals surface area contributed by atoms with E-state index in [-0.39, 0.29) is 41.1 Å². The van der Waals surface area contributed by atoms with E-state index < -0.39 is 159 Å². The molecular formula is C53H88O22. The minimum Gasteiger partial charge on any atom is -0.394 e. The van der Waals surface area contributed by atoms with E-state index in [4.69, 9.17) is 37.9 Å². The fraction of sp³-hybridized carbons (Fsp3) is 0.943. The Kier molecular flexibility index (Phi) is 18.2. The molecule has 4 aliphatic heterocycles. The van der Waals surface area contributed by atoms with Crippen molar-refractivity contribution in [2.75, 3.05) is 26.4 Å². The quantitative estimate of drug-likeness (QED) is 0.0483. The van der Waals surface area contributed by atoms with Crippen molar-refractivity contribution >= 4 is 6.29 Å². The Hall–Kier alpha value is -1.43.